The number of hydrogen-bond donors (Lipinski definition) is 2. The molecule has 0 radical (unpaired) electrons. The molecule has 2 N–H and O–H groups in total. The van der Waals surface area contributed by atoms with E-state index >= 15 is 0 Å². The molecule has 0 spiro atoms. The van der Waals surface area contributed by atoms with Gasteiger partial charge < -0.3 is 15.4 Å². The van der Waals surface area contributed by atoms with E-state index in [1.165, 1.54) is 12.0 Å². The standard InChI is InChI=1S/C17H27N3O2/c1-17(2,3)22-16(21)20-12-14-7-4-8-15(14)19-11-13-6-5-9-18-10-13/h5-6,9-10,14-15,19H,4,7-8,11-12H2,1-3H3,(H,20,21). The van der Waals surface area contributed by atoms with Gasteiger partial charge in [-0.05, 0) is 51.2 Å². The first-order valence-electron chi connectivity index (χ1n) is 8.03. The van der Waals surface area contributed by atoms with Crippen molar-refractivity contribution >= 4 is 6.09 Å². The van der Waals surface area contributed by atoms with Gasteiger partial charge in [-0.15, -0.1) is 0 Å². The van der Waals surface area contributed by atoms with E-state index in [-0.39, 0.29) is 6.09 Å². The Morgan fingerprint density at radius 2 is 2.23 bits per heavy atom. The van der Waals surface area contributed by atoms with Crippen LogP contribution in [-0.4, -0.2) is 29.3 Å². The number of rotatable bonds is 5. The van der Waals surface area contributed by atoms with E-state index in [0.29, 0.717) is 18.5 Å². The van der Waals surface area contributed by atoms with Crippen molar-refractivity contribution in [1.82, 2.24) is 15.6 Å². The van der Waals surface area contributed by atoms with Crippen LogP contribution in [0, 0.1) is 5.92 Å². The SMILES string of the molecule is CC(C)(C)OC(=O)NCC1CCCC1NCc1cccnc1. The van der Waals surface area contributed by atoms with E-state index in [0.717, 1.165) is 19.4 Å². The van der Waals surface area contributed by atoms with Crippen LogP contribution in [0.15, 0.2) is 24.5 Å². The molecule has 2 unspecified atom stereocenters. The summed E-state index contributed by atoms with van der Waals surface area (Å²) in [6, 6.07) is 4.46. The van der Waals surface area contributed by atoms with Crippen molar-refractivity contribution in [2.24, 2.45) is 5.92 Å². The summed E-state index contributed by atoms with van der Waals surface area (Å²) in [5, 5.41) is 6.48. The van der Waals surface area contributed by atoms with E-state index in [9.17, 15) is 4.79 Å². The molecule has 5 heteroatoms. The van der Waals surface area contributed by atoms with Crippen molar-refractivity contribution < 1.29 is 9.53 Å². The van der Waals surface area contributed by atoms with Crippen LogP contribution in [0.25, 0.3) is 0 Å². The number of nitrogens with one attached hydrogen (secondary N) is 2. The lowest BCUT2D eigenvalue weighted by atomic mass is 10.0. The molecule has 1 aliphatic rings. The summed E-state index contributed by atoms with van der Waals surface area (Å²) >= 11 is 0. The molecule has 2 atom stereocenters. The molecule has 1 aromatic heterocycles. The Hall–Kier alpha value is -1.62. The van der Waals surface area contributed by atoms with Crippen molar-refractivity contribution in [2.75, 3.05) is 6.54 Å². The van der Waals surface area contributed by atoms with Crippen LogP contribution < -0.4 is 10.6 Å². The number of pyridine rings is 1. The maximum absolute atomic E-state index is 11.7. The summed E-state index contributed by atoms with van der Waals surface area (Å²) in [4.78, 5) is 15.9. The fourth-order valence-corrected chi connectivity index (χ4v) is 2.83. The first kappa shape index (κ1) is 16.7. The minimum Gasteiger partial charge on any atom is -0.444 e. The molecule has 1 aliphatic carbocycles. The summed E-state index contributed by atoms with van der Waals surface area (Å²) < 4.78 is 5.28. The molecule has 0 aliphatic heterocycles. The van der Waals surface area contributed by atoms with E-state index < -0.39 is 5.60 Å². The molecule has 1 aromatic rings. The van der Waals surface area contributed by atoms with Crippen LogP contribution in [0.1, 0.15) is 45.6 Å². The molecular formula is C17H27N3O2. The smallest absolute Gasteiger partial charge is 0.407 e. The number of carbonyl (C=O) groups excluding carboxylic acids is 1. The van der Waals surface area contributed by atoms with E-state index in [1.807, 2.05) is 33.0 Å². The number of hydrogen-bond acceptors (Lipinski definition) is 4. The highest BCUT2D eigenvalue weighted by Gasteiger charge is 2.27. The van der Waals surface area contributed by atoms with Crippen LogP contribution in [-0.2, 0) is 11.3 Å². The molecule has 1 heterocycles. The predicted octanol–water partition coefficient (Wildman–Crippen LogP) is 2.86. The molecule has 1 saturated carbocycles. The Bertz CT molecular complexity index is 471. The average Bonchev–Trinajstić information content (AvgIpc) is 2.90. The minimum absolute atomic E-state index is 0.328. The summed E-state index contributed by atoms with van der Waals surface area (Å²) in [5.41, 5.74) is 0.741. The molecule has 1 fully saturated rings. The molecule has 0 aromatic carbocycles. The topological polar surface area (TPSA) is 63.2 Å². The van der Waals surface area contributed by atoms with E-state index in [4.69, 9.17) is 4.74 Å². The maximum atomic E-state index is 11.7. The Kier molecular flexibility index (Phi) is 5.77. The second-order valence-electron chi connectivity index (χ2n) is 6.92. The van der Waals surface area contributed by atoms with Gasteiger partial charge in [-0.25, -0.2) is 4.79 Å². The Balaban J connectivity index is 1.75. The summed E-state index contributed by atoms with van der Waals surface area (Å²) in [5.74, 6) is 0.462. The highest BCUT2D eigenvalue weighted by Crippen LogP contribution is 2.25. The zero-order chi connectivity index (χ0) is 16.0. The highest BCUT2D eigenvalue weighted by molar-refractivity contribution is 5.67. The van der Waals surface area contributed by atoms with Crippen molar-refractivity contribution in [3.05, 3.63) is 30.1 Å². The predicted molar refractivity (Wildman–Crippen MR) is 86.4 cm³/mol. The lowest BCUT2D eigenvalue weighted by molar-refractivity contribution is 0.0517. The molecule has 0 bridgehead atoms. The van der Waals surface area contributed by atoms with Gasteiger partial charge in [0.25, 0.3) is 0 Å². The fourth-order valence-electron chi connectivity index (χ4n) is 2.83. The van der Waals surface area contributed by atoms with Gasteiger partial charge in [-0.1, -0.05) is 12.5 Å². The molecule has 0 saturated heterocycles. The van der Waals surface area contributed by atoms with Gasteiger partial charge >= 0.3 is 6.09 Å². The van der Waals surface area contributed by atoms with Gasteiger partial charge in [0, 0.05) is 31.5 Å². The third kappa shape index (κ3) is 5.64. The zero-order valence-electron chi connectivity index (χ0n) is 13.8. The number of ether oxygens (including phenoxy) is 1. The largest absolute Gasteiger partial charge is 0.444 e. The van der Waals surface area contributed by atoms with Crippen molar-refractivity contribution in [3.8, 4) is 0 Å². The zero-order valence-corrected chi connectivity index (χ0v) is 13.8. The number of nitrogens with zero attached hydrogens (tertiary/aromatic N) is 1. The van der Waals surface area contributed by atoms with Crippen molar-refractivity contribution in [2.45, 2.75) is 58.2 Å². The van der Waals surface area contributed by atoms with Crippen LogP contribution in [0.4, 0.5) is 4.79 Å². The molecule has 22 heavy (non-hydrogen) atoms. The minimum atomic E-state index is -0.447. The van der Waals surface area contributed by atoms with Crippen LogP contribution >= 0.6 is 0 Å². The summed E-state index contributed by atoms with van der Waals surface area (Å²) in [6.45, 7) is 7.11. The van der Waals surface area contributed by atoms with Crippen LogP contribution in [0.2, 0.25) is 0 Å². The van der Waals surface area contributed by atoms with E-state index in [2.05, 4.69) is 21.7 Å². The maximum Gasteiger partial charge on any atom is 0.407 e. The molecule has 5 nitrogen and oxygen atoms in total. The second kappa shape index (κ2) is 7.58. The van der Waals surface area contributed by atoms with Gasteiger partial charge in [0.1, 0.15) is 5.60 Å². The molecule has 2 rings (SSSR count). The van der Waals surface area contributed by atoms with Gasteiger partial charge in [0.05, 0.1) is 0 Å². The van der Waals surface area contributed by atoms with Crippen LogP contribution in [0.5, 0.6) is 0 Å². The van der Waals surface area contributed by atoms with Crippen molar-refractivity contribution in [3.63, 3.8) is 0 Å². The van der Waals surface area contributed by atoms with Gasteiger partial charge in [0.15, 0.2) is 0 Å². The third-order valence-electron chi connectivity index (χ3n) is 3.86. The Morgan fingerprint density at radius 3 is 2.91 bits per heavy atom. The van der Waals surface area contributed by atoms with Gasteiger partial charge in [0.2, 0.25) is 0 Å². The average molecular weight is 305 g/mol. The summed E-state index contributed by atoms with van der Waals surface area (Å²) in [6.07, 6.45) is 6.83. The number of alkyl carbamates (subject to hydrolysis) is 1. The quantitative estimate of drug-likeness (QED) is 0.878. The van der Waals surface area contributed by atoms with E-state index in [1.54, 1.807) is 6.20 Å². The van der Waals surface area contributed by atoms with Crippen LogP contribution in [0.3, 0.4) is 0 Å². The number of carbonyl (C=O) groups is 1. The Morgan fingerprint density at radius 1 is 1.41 bits per heavy atom. The third-order valence-corrected chi connectivity index (χ3v) is 3.86. The first-order valence-corrected chi connectivity index (χ1v) is 8.03. The van der Waals surface area contributed by atoms with Crippen molar-refractivity contribution in [1.29, 1.82) is 0 Å². The second-order valence-corrected chi connectivity index (χ2v) is 6.92. The highest BCUT2D eigenvalue weighted by atomic mass is 16.6. The first-order chi connectivity index (χ1) is 10.4. The van der Waals surface area contributed by atoms with Gasteiger partial charge in [-0.2, -0.15) is 0 Å². The monoisotopic (exact) mass is 305 g/mol. The Labute approximate surface area is 132 Å². The van der Waals surface area contributed by atoms with Gasteiger partial charge in [-0.3, -0.25) is 4.98 Å². The fraction of sp³-hybridized carbons (Fsp3) is 0.647. The lowest BCUT2D eigenvalue weighted by Gasteiger charge is -2.23. The molecular weight excluding hydrogens is 278 g/mol. The normalized spacial score (nSPS) is 21.6. The number of amides is 1. The summed E-state index contributed by atoms with van der Waals surface area (Å²) in [7, 11) is 0. The number of aromatic nitrogens is 1. The lowest BCUT2D eigenvalue weighted by Crippen LogP contribution is -2.40. The molecule has 122 valence electrons. The molecule has 1 amide bonds.